The molecule has 1 heterocycles. The van der Waals surface area contributed by atoms with Crippen LogP contribution in [0.25, 0.3) is 0 Å². The predicted octanol–water partition coefficient (Wildman–Crippen LogP) is 3.80. The SMILES string of the molecule is Fc1cc(Cl)c(NC2CCCNCC2)c(Br)c1. The van der Waals surface area contributed by atoms with Crippen LogP contribution in [0, 0.1) is 5.82 Å². The topological polar surface area (TPSA) is 24.1 Å². The third-order valence-corrected chi connectivity index (χ3v) is 3.85. The Kier molecular flexibility index (Phi) is 4.65. The highest BCUT2D eigenvalue weighted by Gasteiger charge is 2.15. The Morgan fingerprint density at radius 3 is 2.94 bits per heavy atom. The molecule has 1 atom stereocenters. The van der Waals surface area contributed by atoms with Gasteiger partial charge in [0.1, 0.15) is 5.82 Å². The third kappa shape index (κ3) is 3.57. The summed E-state index contributed by atoms with van der Waals surface area (Å²) in [6, 6.07) is 3.16. The maximum atomic E-state index is 13.1. The van der Waals surface area contributed by atoms with Crippen LogP contribution in [0.5, 0.6) is 0 Å². The average Bonchev–Trinajstić information content (AvgIpc) is 2.51. The lowest BCUT2D eigenvalue weighted by Gasteiger charge is -2.19. The Morgan fingerprint density at radius 2 is 2.18 bits per heavy atom. The van der Waals surface area contributed by atoms with Crippen LogP contribution >= 0.6 is 27.5 Å². The molecule has 1 aliphatic heterocycles. The molecule has 0 bridgehead atoms. The van der Waals surface area contributed by atoms with Crippen LogP contribution in [0.15, 0.2) is 16.6 Å². The van der Waals surface area contributed by atoms with Crippen molar-refractivity contribution in [2.75, 3.05) is 18.4 Å². The van der Waals surface area contributed by atoms with Crippen LogP contribution in [-0.4, -0.2) is 19.1 Å². The molecule has 5 heteroatoms. The van der Waals surface area contributed by atoms with Crippen molar-refractivity contribution < 1.29 is 4.39 Å². The zero-order valence-electron chi connectivity index (χ0n) is 9.40. The monoisotopic (exact) mass is 320 g/mol. The van der Waals surface area contributed by atoms with Crippen LogP contribution in [0.2, 0.25) is 5.02 Å². The van der Waals surface area contributed by atoms with Gasteiger partial charge in [-0.3, -0.25) is 0 Å². The van der Waals surface area contributed by atoms with Crippen molar-refractivity contribution >= 4 is 33.2 Å². The first kappa shape index (κ1) is 13.1. The molecule has 0 aliphatic carbocycles. The zero-order chi connectivity index (χ0) is 12.3. The van der Waals surface area contributed by atoms with E-state index < -0.39 is 0 Å². The summed E-state index contributed by atoms with van der Waals surface area (Å²) < 4.78 is 13.8. The molecule has 2 N–H and O–H groups in total. The Balaban J connectivity index is 2.11. The van der Waals surface area contributed by atoms with Crippen LogP contribution in [0.3, 0.4) is 0 Å². The van der Waals surface area contributed by atoms with Crippen molar-refractivity contribution in [2.45, 2.75) is 25.3 Å². The number of rotatable bonds is 2. The molecule has 1 aromatic carbocycles. The number of hydrogen-bond donors (Lipinski definition) is 2. The van der Waals surface area contributed by atoms with Crippen molar-refractivity contribution in [2.24, 2.45) is 0 Å². The molecule has 17 heavy (non-hydrogen) atoms. The maximum absolute atomic E-state index is 13.1. The minimum atomic E-state index is -0.324. The highest BCUT2D eigenvalue weighted by molar-refractivity contribution is 9.10. The highest BCUT2D eigenvalue weighted by Crippen LogP contribution is 2.33. The van der Waals surface area contributed by atoms with E-state index in [0.717, 1.165) is 38.0 Å². The summed E-state index contributed by atoms with van der Waals surface area (Å²) in [6.07, 6.45) is 3.31. The molecule has 1 aromatic rings. The van der Waals surface area contributed by atoms with Crippen LogP contribution in [0.1, 0.15) is 19.3 Å². The summed E-state index contributed by atoms with van der Waals surface area (Å²) in [6.45, 7) is 2.07. The number of halogens is 3. The first-order chi connectivity index (χ1) is 8.16. The van der Waals surface area contributed by atoms with Gasteiger partial charge in [0.15, 0.2) is 0 Å². The summed E-state index contributed by atoms with van der Waals surface area (Å²) in [5.41, 5.74) is 0.792. The number of benzene rings is 1. The number of hydrogen-bond acceptors (Lipinski definition) is 2. The van der Waals surface area contributed by atoms with E-state index in [1.165, 1.54) is 12.1 Å². The van der Waals surface area contributed by atoms with Crippen molar-refractivity contribution in [1.82, 2.24) is 5.32 Å². The normalized spacial score (nSPS) is 21.0. The smallest absolute Gasteiger partial charge is 0.125 e. The zero-order valence-corrected chi connectivity index (χ0v) is 11.7. The van der Waals surface area contributed by atoms with E-state index in [0.29, 0.717) is 15.5 Å². The van der Waals surface area contributed by atoms with Crippen molar-refractivity contribution in [3.8, 4) is 0 Å². The van der Waals surface area contributed by atoms with E-state index in [9.17, 15) is 4.39 Å². The summed E-state index contributed by atoms with van der Waals surface area (Å²) in [7, 11) is 0. The van der Waals surface area contributed by atoms with Crippen LogP contribution < -0.4 is 10.6 Å². The van der Waals surface area contributed by atoms with E-state index in [-0.39, 0.29) is 5.82 Å². The molecule has 1 aliphatic rings. The second kappa shape index (κ2) is 6.03. The van der Waals surface area contributed by atoms with Gasteiger partial charge in [0.25, 0.3) is 0 Å². The van der Waals surface area contributed by atoms with Crippen molar-refractivity contribution in [1.29, 1.82) is 0 Å². The second-order valence-corrected chi connectivity index (χ2v) is 5.53. The van der Waals surface area contributed by atoms with Gasteiger partial charge in [-0.1, -0.05) is 11.6 Å². The van der Waals surface area contributed by atoms with Crippen molar-refractivity contribution in [3.63, 3.8) is 0 Å². The summed E-state index contributed by atoms with van der Waals surface area (Å²) in [5, 5.41) is 7.18. The largest absolute Gasteiger partial charge is 0.380 e. The van der Waals surface area contributed by atoms with E-state index in [2.05, 4.69) is 26.6 Å². The Hall–Kier alpha value is -0.320. The predicted molar refractivity (Wildman–Crippen MR) is 73.2 cm³/mol. The molecule has 0 spiro atoms. The lowest BCUT2D eigenvalue weighted by atomic mass is 10.1. The van der Waals surface area contributed by atoms with Crippen LogP contribution in [0.4, 0.5) is 10.1 Å². The van der Waals surface area contributed by atoms with Gasteiger partial charge in [-0.15, -0.1) is 0 Å². The number of anilines is 1. The minimum Gasteiger partial charge on any atom is -0.380 e. The lowest BCUT2D eigenvalue weighted by molar-refractivity contribution is 0.623. The quantitative estimate of drug-likeness (QED) is 0.866. The van der Waals surface area contributed by atoms with Crippen molar-refractivity contribution in [3.05, 3.63) is 27.4 Å². The summed E-state index contributed by atoms with van der Waals surface area (Å²) in [5.74, 6) is -0.324. The molecule has 0 aromatic heterocycles. The van der Waals surface area contributed by atoms with Gasteiger partial charge in [0.05, 0.1) is 10.7 Å². The van der Waals surface area contributed by atoms with E-state index in [1.54, 1.807) is 0 Å². The maximum Gasteiger partial charge on any atom is 0.125 e. The number of nitrogens with one attached hydrogen (secondary N) is 2. The molecular weight excluding hydrogens is 307 g/mol. The van der Waals surface area contributed by atoms with Gasteiger partial charge in [0, 0.05) is 10.5 Å². The summed E-state index contributed by atoms with van der Waals surface area (Å²) in [4.78, 5) is 0. The average molecular weight is 322 g/mol. The first-order valence-corrected chi connectivity index (χ1v) is 6.95. The highest BCUT2D eigenvalue weighted by atomic mass is 79.9. The van der Waals surface area contributed by atoms with Gasteiger partial charge in [0.2, 0.25) is 0 Å². The molecule has 0 amide bonds. The molecule has 2 rings (SSSR count). The molecule has 0 radical (unpaired) electrons. The molecular formula is C12H15BrClFN2. The van der Waals surface area contributed by atoms with Gasteiger partial charge >= 0.3 is 0 Å². The Labute approximate surface area is 114 Å². The minimum absolute atomic E-state index is 0.324. The standard InChI is InChI=1S/C12H15BrClFN2/c13-10-6-8(15)7-11(14)12(10)17-9-2-1-4-16-5-3-9/h6-7,9,16-17H,1-5H2. The Morgan fingerprint density at radius 1 is 1.35 bits per heavy atom. The van der Waals surface area contributed by atoms with Gasteiger partial charge in [-0.05, 0) is 60.4 Å². The molecule has 1 saturated heterocycles. The molecule has 1 unspecified atom stereocenters. The fraction of sp³-hybridized carbons (Fsp3) is 0.500. The van der Waals surface area contributed by atoms with Gasteiger partial charge in [-0.2, -0.15) is 0 Å². The molecule has 2 nitrogen and oxygen atoms in total. The van der Waals surface area contributed by atoms with E-state index >= 15 is 0 Å². The molecule has 1 fully saturated rings. The lowest BCUT2D eigenvalue weighted by Crippen LogP contribution is -2.21. The fourth-order valence-electron chi connectivity index (χ4n) is 2.05. The fourth-order valence-corrected chi connectivity index (χ4v) is 2.97. The summed E-state index contributed by atoms with van der Waals surface area (Å²) >= 11 is 9.39. The van der Waals surface area contributed by atoms with Crippen LogP contribution in [-0.2, 0) is 0 Å². The first-order valence-electron chi connectivity index (χ1n) is 5.78. The third-order valence-electron chi connectivity index (χ3n) is 2.93. The molecule has 94 valence electrons. The second-order valence-electron chi connectivity index (χ2n) is 4.27. The van der Waals surface area contributed by atoms with E-state index in [4.69, 9.17) is 11.6 Å². The Bertz CT molecular complexity index is 369. The molecule has 0 saturated carbocycles. The van der Waals surface area contributed by atoms with Gasteiger partial charge < -0.3 is 10.6 Å². The van der Waals surface area contributed by atoms with Gasteiger partial charge in [-0.25, -0.2) is 4.39 Å². The van der Waals surface area contributed by atoms with E-state index in [1.807, 2.05) is 0 Å².